The largest absolute Gasteiger partial charge is 0.368 e. The zero-order valence-corrected chi connectivity index (χ0v) is 12.1. The number of hydrogen-bond donors (Lipinski definition) is 0. The summed E-state index contributed by atoms with van der Waals surface area (Å²) in [6.45, 7) is 4.46. The SMILES string of the molecule is C=C1C=NC(=O)N=C1SCC(=O)N1CCc2ccccc21. The average molecular weight is 299 g/mol. The number of rotatable bonds is 2. The number of amides is 3. The molecule has 0 fully saturated rings. The maximum Gasteiger partial charge on any atom is 0.368 e. The average Bonchev–Trinajstić information content (AvgIpc) is 2.92. The number of benzene rings is 1. The number of hydrogen-bond acceptors (Lipinski definition) is 3. The Morgan fingerprint density at radius 3 is 3.05 bits per heavy atom. The molecule has 1 aromatic rings. The summed E-state index contributed by atoms with van der Waals surface area (Å²) in [5, 5.41) is 0.468. The maximum absolute atomic E-state index is 12.3. The third-order valence-electron chi connectivity index (χ3n) is 3.32. The fourth-order valence-corrected chi connectivity index (χ4v) is 3.10. The molecule has 2 aliphatic heterocycles. The smallest absolute Gasteiger partial charge is 0.311 e. The van der Waals surface area contributed by atoms with Gasteiger partial charge in [0, 0.05) is 24.0 Å². The van der Waals surface area contributed by atoms with E-state index in [0.29, 0.717) is 17.2 Å². The van der Waals surface area contributed by atoms with Gasteiger partial charge in [-0.2, -0.15) is 9.98 Å². The second-order valence-corrected chi connectivity index (χ2v) is 5.66. The molecule has 0 bridgehead atoms. The van der Waals surface area contributed by atoms with E-state index < -0.39 is 6.03 Å². The fraction of sp³-hybridized carbons (Fsp3) is 0.200. The van der Waals surface area contributed by atoms with Gasteiger partial charge >= 0.3 is 6.03 Å². The fourth-order valence-electron chi connectivity index (χ4n) is 2.31. The quantitative estimate of drug-likeness (QED) is 0.842. The molecular formula is C15H13N3O2S. The Hall–Kier alpha value is -2.21. The Morgan fingerprint density at radius 1 is 1.38 bits per heavy atom. The van der Waals surface area contributed by atoms with E-state index in [1.807, 2.05) is 24.3 Å². The molecule has 0 N–H and O–H groups in total. The molecule has 0 saturated heterocycles. The molecule has 0 aliphatic carbocycles. The molecule has 0 radical (unpaired) electrons. The normalized spacial score (nSPS) is 17.0. The van der Waals surface area contributed by atoms with Crippen molar-refractivity contribution >= 4 is 40.6 Å². The third-order valence-corrected chi connectivity index (χ3v) is 4.34. The molecule has 2 heterocycles. The minimum absolute atomic E-state index is 0.00964. The van der Waals surface area contributed by atoms with Crippen LogP contribution in [0.2, 0.25) is 0 Å². The Morgan fingerprint density at radius 2 is 2.19 bits per heavy atom. The van der Waals surface area contributed by atoms with Gasteiger partial charge in [-0.3, -0.25) is 4.79 Å². The molecule has 1 aromatic carbocycles. The number of carbonyl (C=O) groups is 2. The predicted molar refractivity (Wildman–Crippen MR) is 85.4 cm³/mol. The summed E-state index contributed by atoms with van der Waals surface area (Å²) in [5.41, 5.74) is 2.73. The number of nitrogens with zero attached hydrogens (tertiary/aromatic N) is 3. The van der Waals surface area contributed by atoms with Crippen LogP contribution in [0, 0.1) is 0 Å². The summed E-state index contributed by atoms with van der Waals surface area (Å²) in [7, 11) is 0. The van der Waals surface area contributed by atoms with Crippen molar-refractivity contribution in [2.75, 3.05) is 17.2 Å². The van der Waals surface area contributed by atoms with E-state index in [1.54, 1.807) is 4.90 Å². The molecule has 3 rings (SSSR count). The second kappa shape index (κ2) is 5.65. The van der Waals surface area contributed by atoms with Gasteiger partial charge in [-0.15, -0.1) is 0 Å². The standard InChI is InChI=1S/C15H13N3O2S/c1-10-8-16-15(20)17-14(10)21-9-13(19)18-7-6-11-4-2-3-5-12(11)18/h2-5,8H,1,6-7,9H2. The first-order chi connectivity index (χ1) is 10.1. The molecular weight excluding hydrogens is 286 g/mol. The molecule has 2 aliphatic rings. The van der Waals surface area contributed by atoms with Crippen LogP contribution in [0.5, 0.6) is 0 Å². The van der Waals surface area contributed by atoms with E-state index in [-0.39, 0.29) is 11.7 Å². The minimum Gasteiger partial charge on any atom is -0.311 e. The molecule has 3 amide bonds. The molecule has 0 spiro atoms. The first-order valence-electron chi connectivity index (χ1n) is 6.52. The zero-order chi connectivity index (χ0) is 14.8. The maximum atomic E-state index is 12.3. The van der Waals surface area contributed by atoms with Crippen molar-refractivity contribution in [3.8, 4) is 0 Å². The van der Waals surface area contributed by atoms with E-state index in [1.165, 1.54) is 23.5 Å². The van der Waals surface area contributed by atoms with Crippen LogP contribution in [0.1, 0.15) is 5.56 Å². The zero-order valence-electron chi connectivity index (χ0n) is 11.3. The Kier molecular flexibility index (Phi) is 3.70. The van der Waals surface area contributed by atoms with Gasteiger partial charge in [0.25, 0.3) is 0 Å². The van der Waals surface area contributed by atoms with Gasteiger partial charge in [-0.25, -0.2) is 4.79 Å². The number of thioether (sulfide) groups is 1. The highest BCUT2D eigenvalue weighted by molar-refractivity contribution is 8.15. The van der Waals surface area contributed by atoms with Crippen molar-refractivity contribution in [3.05, 3.63) is 42.0 Å². The number of aliphatic imine (C=N–C) groups is 2. The lowest BCUT2D eigenvalue weighted by atomic mass is 10.2. The summed E-state index contributed by atoms with van der Waals surface area (Å²) in [5.74, 6) is 0.239. The van der Waals surface area contributed by atoms with Gasteiger partial charge in [0.05, 0.1) is 5.75 Å². The Bertz CT molecular complexity index is 694. The number of fused-ring (bicyclic) bond motifs is 1. The van der Waals surface area contributed by atoms with Gasteiger partial charge in [0.1, 0.15) is 5.04 Å². The molecule has 0 atom stereocenters. The van der Waals surface area contributed by atoms with Crippen LogP contribution in [-0.2, 0) is 11.2 Å². The third kappa shape index (κ3) is 2.80. The van der Waals surface area contributed by atoms with Crippen molar-refractivity contribution in [3.63, 3.8) is 0 Å². The van der Waals surface area contributed by atoms with E-state index in [4.69, 9.17) is 0 Å². The van der Waals surface area contributed by atoms with Crippen LogP contribution in [0.25, 0.3) is 0 Å². The van der Waals surface area contributed by atoms with Crippen molar-refractivity contribution in [1.82, 2.24) is 0 Å². The topological polar surface area (TPSA) is 62.1 Å². The molecule has 0 unspecified atom stereocenters. The van der Waals surface area contributed by atoms with E-state index >= 15 is 0 Å². The Balaban J connectivity index is 1.66. The summed E-state index contributed by atoms with van der Waals surface area (Å²) in [4.78, 5) is 32.6. The number of carbonyl (C=O) groups excluding carboxylic acids is 2. The minimum atomic E-state index is -0.552. The van der Waals surface area contributed by atoms with Gasteiger partial charge in [-0.1, -0.05) is 36.5 Å². The predicted octanol–water partition coefficient (Wildman–Crippen LogP) is 2.47. The molecule has 0 aromatic heterocycles. The van der Waals surface area contributed by atoms with Crippen LogP contribution in [-0.4, -0.2) is 35.5 Å². The number of anilines is 1. The molecule has 6 heteroatoms. The lowest BCUT2D eigenvalue weighted by molar-refractivity contribution is -0.116. The van der Waals surface area contributed by atoms with Crippen LogP contribution in [0.4, 0.5) is 10.5 Å². The number of urea groups is 1. The van der Waals surface area contributed by atoms with Gasteiger partial charge < -0.3 is 4.90 Å². The number of para-hydroxylation sites is 1. The summed E-state index contributed by atoms with van der Waals surface area (Å²) in [6.07, 6.45) is 2.26. The molecule has 106 valence electrons. The van der Waals surface area contributed by atoms with Crippen molar-refractivity contribution in [2.45, 2.75) is 6.42 Å². The van der Waals surface area contributed by atoms with E-state index in [0.717, 1.165) is 12.1 Å². The van der Waals surface area contributed by atoms with Crippen LogP contribution >= 0.6 is 11.8 Å². The first kappa shape index (κ1) is 13.8. The monoisotopic (exact) mass is 299 g/mol. The van der Waals surface area contributed by atoms with Crippen molar-refractivity contribution in [2.24, 2.45) is 9.98 Å². The first-order valence-corrected chi connectivity index (χ1v) is 7.51. The highest BCUT2D eigenvalue weighted by Crippen LogP contribution is 2.28. The second-order valence-electron chi connectivity index (χ2n) is 4.70. The highest BCUT2D eigenvalue weighted by atomic mass is 32.2. The summed E-state index contributed by atoms with van der Waals surface area (Å²) in [6, 6.07) is 7.35. The van der Waals surface area contributed by atoms with Crippen molar-refractivity contribution in [1.29, 1.82) is 0 Å². The van der Waals surface area contributed by atoms with Crippen LogP contribution in [0.15, 0.2) is 46.4 Å². The molecule has 5 nitrogen and oxygen atoms in total. The highest BCUT2D eigenvalue weighted by Gasteiger charge is 2.24. The summed E-state index contributed by atoms with van der Waals surface area (Å²) < 4.78 is 0. The summed E-state index contributed by atoms with van der Waals surface area (Å²) >= 11 is 1.23. The lowest BCUT2D eigenvalue weighted by Gasteiger charge is -2.17. The van der Waals surface area contributed by atoms with E-state index in [2.05, 4.69) is 16.6 Å². The Labute approximate surface area is 126 Å². The van der Waals surface area contributed by atoms with E-state index in [9.17, 15) is 9.59 Å². The van der Waals surface area contributed by atoms with Gasteiger partial charge in [-0.05, 0) is 18.1 Å². The van der Waals surface area contributed by atoms with Crippen LogP contribution in [0.3, 0.4) is 0 Å². The molecule has 21 heavy (non-hydrogen) atoms. The van der Waals surface area contributed by atoms with Gasteiger partial charge in [0.15, 0.2) is 0 Å². The lowest BCUT2D eigenvalue weighted by Crippen LogP contribution is -2.31. The van der Waals surface area contributed by atoms with Crippen LogP contribution < -0.4 is 4.90 Å². The molecule has 0 saturated carbocycles. The van der Waals surface area contributed by atoms with Crippen molar-refractivity contribution < 1.29 is 9.59 Å². The van der Waals surface area contributed by atoms with Gasteiger partial charge in [0.2, 0.25) is 5.91 Å².